The van der Waals surface area contributed by atoms with Crippen LogP contribution in [-0.4, -0.2) is 37.1 Å². The standard InChI is InChI=1S/C23H31N3S/c1-2-11-21(20(10-1)24-22-12-5-17-27-22)25-13-15-26(16-14-25)23-18-6-3-7-19(23)9-4-8-18/h1-2,5,10-12,17-19,23-24H,3-4,6-9,13-16H2. The first-order chi connectivity index (χ1) is 13.4. The lowest BCUT2D eigenvalue weighted by Crippen LogP contribution is -2.56. The Hall–Kier alpha value is -1.52. The van der Waals surface area contributed by atoms with E-state index in [0.29, 0.717) is 0 Å². The van der Waals surface area contributed by atoms with E-state index in [0.717, 1.165) is 31.0 Å². The lowest BCUT2D eigenvalue weighted by molar-refractivity contribution is 0.0181. The van der Waals surface area contributed by atoms with Gasteiger partial charge in [-0.15, -0.1) is 11.3 Å². The van der Waals surface area contributed by atoms with Gasteiger partial charge in [-0.25, -0.2) is 0 Å². The van der Waals surface area contributed by atoms with Gasteiger partial charge in [0.15, 0.2) is 0 Å². The molecule has 3 nitrogen and oxygen atoms in total. The monoisotopic (exact) mass is 381 g/mol. The van der Waals surface area contributed by atoms with Crippen LogP contribution in [0.4, 0.5) is 16.4 Å². The molecule has 27 heavy (non-hydrogen) atoms. The van der Waals surface area contributed by atoms with Gasteiger partial charge in [0.1, 0.15) is 0 Å². The Labute approximate surface area is 167 Å². The molecule has 1 aliphatic heterocycles. The van der Waals surface area contributed by atoms with E-state index in [4.69, 9.17) is 0 Å². The molecule has 5 rings (SSSR count). The van der Waals surface area contributed by atoms with Gasteiger partial charge in [0.2, 0.25) is 0 Å². The zero-order valence-corrected chi connectivity index (χ0v) is 17.0. The van der Waals surface area contributed by atoms with Gasteiger partial charge >= 0.3 is 0 Å². The van der Waals surface area contributed by atoms with E-state index in [1.165, 1.54) is 68.0 Å². The molecule has 2 saturated carbocycles. The summed E-state index contributed by atoms with van der Waals surface area (Å²) in [6, 6.07) is 13.9. The minimum absolute atomic E-state index is 0.883. The molecule has 1 aromatic carbocycles. The summed E-state index contributed by atoms with van der Waals surface area (Å²) >= 11 is 1.76. The summed E-state index contributed by atoms with van der Waals surface area (Å²) in [7, 11) is 0. The summed E-state index contributed by atoms with van der Waals surface area (Å²) in [6.07, 6.45) is 8.88. The minimum Gasteiger partial charge on any atom is -0.367 e. The number of fused-ring (bicyclic) bond motifs is 2. The molecule has 2 aromatic rings. The Balaban J connectivity index is 1.27. The Morgan fingerprint density at radius 2 is 1.52 bits per heavy atom. The molecule has 0 amide bonds. The van der Waals surface area contributed by atoms with Crippen molar-refractivity contribution in [1.29, 1.82) is 0 Å². The van der Waals surface area contributed by atoms with Crippen molar-refractivity contribution in [2.75, 3.05) is 36.4 Å². The summed E-state index contributed by atoms with van der Waals surface area (Å²) in [5.74, 6) is 1.97. The molecule has 2 aliphatic carbocycles. The van der Waals surface area contributed by atoms with Crippen LogP contribution in [0.3, 0.4) is 0 Å². The van der Waals surface area contributed by atoms with Crippen molar-refractivity contribution in [3.05, 3.63) is 41.8 Å². The molecule has 1 aromatic heterocycles. The second-order valence-corrected chi connectivity index (χ2v) is 9.46. The molecular formula is C23H31N3S. The predicted octanol–water partition coefficient (Wildman–Crippen LogP) is 5.58. The van der Waals surface area contributed by atoms with Gasteiger partial charge in [-0.1, -0.05) is 25.0 Å². The number of thiophene rings is 1. The van der Waals surface area contributed by atoms with Crippen LogP contribution in [0, 0.1) is 11.8 Å². The Morgan fingerprint density at radius 3 is 2.19 bits per heavy atom. The van der Waals surface area contributed by atoms with E-state index in [2.05, 4.69) is 56.9 Å². The van der Waals surface area contributed by atoms with E-state index < -0.39 is 0 Å². The molecule has 0 radical (unpaired) electrons. The Kier molecular flexibility index (Phi) is 5.10. The van der Waals surface area contributed by atoms with Crippen LogP contribution in [0.15, 0.2) is 41.8 Å². The summed E-state index contributed by atoms with van der Waals surface area (Å²) < 4.78 is 0. The van der Waals surface area contributed by atoms with Crippen LogP contribution in [0.5, 0.6) is 0 Å². The molecule has 0 atom stereocenters. The van der Waals surface area contributed by atoms with E-state index >= 15 is 0 Å². The van der Waals surface area contributed by atoms with E-state index in [9.17, 15) is 0 Å². The van der Waals surface area contributed by atoms with Crippen LogP contribution in [0.25, 0.3) is 0 Å². The van der Waals surface area contributed by atoms with E-state index in [-0.39, 0.29) is 0 Å². The van der Waals surface area contributed by atoms with Crippen LogP contribution in [-0.2, 0) is 0 Å². The Morgan fingerprint density at radius 1 is 0.815 bits per heavy atom. The van der Waals surface area contributed by atoms with Gasteiger partial charge in [0, 0.05) is 32.2 Å². The molecule has 2 bridgehead atoms. The second kappa shape index (κ2) is 7.84. The first-order valence-corrected chi connectivity index (χ1v) is 11.6. The quantitative estimate of drug-likeness (QED) is 0.745. The average Bonchev–Trinajstić information content (AvgIpc) is 3.21. The van der Waals surface area contributed by atoms with Crippen molar-refractivity contribution < 1.29 is 0 Å². The van der Waals surface area contributed by atoms with Gasteiger partial charge in [0.25, 0.3) is 0 Å². The van der Waals surface area contributed by atoms with Crippen molar-refractivity contribution in [2.45, 2.75) is 44.6 Å². The minimum atomic E-state index is 0.883. The fourth-order valence-electron chi connectivity index (χ4n) is 5.84. The maximum absolute atomic E-state index is 3.62. The highest BCUT2D eigenvalue weighted by molar-refractivity contribution is 7.14. The van der Waals surface area contributed by atoms with Crippen LogP contribution in [0.2, 0.25) is 0 Å². The van der Waals surface area contributed by atoms with Crippen LogP contribution >= 0.6 is 11.3 Å². The first kappa shape index (κ1) is 17.6. The number of hydrogen-bond acceptors (Lipinski definition) is 4. The molecule has 3 aliphatic rings. The highest BCUT2D eigenvalue weighted by Gasteiger charge is 2.40. The highest BCUT2D eigenvalue weighted by Crippen LogP contribution is 2.43. The maximum Gasteiger partial charge on any atom is 0.0927 e. The third-order valence-corrected chi connectivity index (χ3v) is 7.81. The molecule has 1 N–H and O–H groups in total. The van der Waals surface area contributed by atoms with Gasteiger partial charge in [0.05, 0.1) is 16.4 Å². The zero-order valence-electron chi connectivity index (χ0n) is 16.1. The first-order valence-electron chi connectivity index (χ1n) is 10.8. The van der Waals surface area contributed by atoms with Gasteiger partial charge in [-0.05, 0) is 67.2 Å². The molecular weight excluding hydrogens is 350 g/mol. The molecule has 0 unspecified atom stereocenters. The number of hydrogen-bond donors (Lipinski definition) is 1. The predicted molar refractivity (Wildman–Crippen MR) is 116 cm³/mol. The van der Waals surface area contributed by atoms with Crippen molar-refractivity contribution in [2.24, 2.45) is 11.8 Å². The molecule has 1 saturated heterocycles. The number of piperazine rings is 1. The SMILES string of the molecule is c1csc(Nc2ccccc2N2CCN(C3C4CCCC3CCC4)CC2)c1. The van der Waals surface area contributed by atoms with Crippen molar-refractivity contribution in [3.63, 3.8) is 0 Å². The third-order valence-electron chi connectivity index (χ3n) is 7.03. The Bertz CT molecular complexity index is 714. The number of nitrogens with zero attached hydrogens (tertiary/aromatic N) is 2. The smallest absolute Gasteiger partial charge is 0.0927 e. The van der Waals surface area contributed by atoms with Crippen molar-refractivity contribution in [3.8, 4) is 0 Å². The topological polar surface area (TPSA) is 18.5 Å². The number of rotatable bonds is 4. The maximum atomic E-state index is 3.62. The van der Waals surface area contributed by atoms with Crippen LogP contribution in [0.1, 0.15) is 38.5 Å². The third kappa shape index (κ3) is 3.62. The average molecular weight is 382 g/mol. The number of para-hydroxylation sites is 2. The molecule has 0 spiro atoms. The van der Waals surface area contributed by atoms with Crippen molar-refractivity contribution >= 4 is 27.7 Å². The normalized spacial score (nSPS) is 28.9. The molecule has 4 heteroatoms. The van der Waals surface area contributed by atoms with Gasteiger partial charge < -0.3 is 10.2 Å². The lowest BCUT2D eigenvalue weighted by atomic mass is 9.68. The number of nitrogens with one attached hydrogen (secondary N) is 1. The van der Waals surface area contributed by atoms with Gasteiger partial charge in [-0.2, -0.15) is 0 Å². The largest absolute Gasteiger partial charge is 0.367 e. The summed E-state index contributed by atoms with van der Waals surface area (Å²) in [6.45, 7) is 4.76. The van der Waals surface area contributed by atoms with Crippen molar-refractivity contribution in [1.82, 2.24) is 4.90 Å². The van der Waals surface area contributed by atoms with Crippen LogP contribution < -0.4 is 10.2 Å². The zero-order chi connectivity index (χ0) is 18.1. The summed E-state index contributed by atoms with van der Waals surface area (Å²) in [5.41, 5.74) is 2.59. The fraction of sp³-hybridized carbons (Fsp3) is 0.565. The van der Waals surface area contributed by atoms with Gasteiger partial charge in [-0.3, -0.25) is 4.90 Å². The van der Waals surface area contributed by atoms with E-state index in [1.807, 2.05) is 0 Å². The molecule has 144 valence electrons. The fourth-order valence-corrected chi connectivity index (χ4v) is 6.47. The summed E-state index contributed by atoms with van der Waals surface area (Å²) in [4.78, 5) is 5.45. The lowest BCUT2D eigenvalue weighted by Gasteiger charge is -2.51. The van der Waals surface area contributed by atoms with E-state index in [1.54, 1.807) is 11.3 Å². The highest BCUT2D eigenvalue weighted by atomic mass is 32.1. The number of anilines is 3. The summed E-state index contributed by atoms with van der Waals surface area (Å²) in [5, 5.41) is 6.97. The molecule has 2 heterocycles. The second-order valence-electron chi connectivity index (χ2n) is 8.52. The number of benzene rings is 1. The molecule has 3 fully saturated rings.